The maximum absolute atomic E-state index is 13.1. The van der Waals surface area contributed by atoms with Crippen LogP contribution in [-0.2, 0) is 6.42 Å². The van der Waals surface area contributed by atoms with Crippen LogP contribution in [0.3, 0.4) is 0 Å². The predicted molar refractivity (Wildman–Crippen MR) is 79.1 cm³/mol. The van der Waals surface area contributed by atoms with E-state index < -0.39 is 0 Å². The highest BCUT2D eigenvalue weighted by atomic mass is 19.1. The zero-order valence-corrected chi connectivity index (χ0v) is 11.9. The first-order valence-corrected chi connectivity index (χ1v) is 7.05. The highest BCUT2D eigenvalue weighted by Crippen LogP contribution is 2.29. The molecule has 2 atom stereocenters. The van der Waals surface area contributed by atoms with Gasteiger partial charge in [0, 0.05) is 18.0 Å². The molecule has 1 aliphatic heterocycles. The topological polar surface area (TPSA) is 44.5 Å². The van der Waals surface area contributed by atoms with Crippen LogP contribution in [0.4, 0.5) is 4.39 Å². The van der Waals surface area contributed by atoms with Crippen LogP contribution in [0.5, 0.6) is 11.5 Å². The lowest BCUT2D eigenvalue weighted by Gasteiger charge is -2.13. The third-order valence-corrected chi connectivity index (χ3v) is 3.61. The van der Waals surface area contributed by atoms with E-state index in [1.807, 2.05) is 31.2 Å². The summed E-state index contributed by atoms with van der Waals surface area (Å²) < 4.78 is 24.6. The third-order valence-electron chi connectivity index (χ3n) is 3.61. The Labute approximate surface area is 123 Å². The number of halogens is 1. The molecule has 3 nitrogen and oxygen atoms in total. The molecule has 3 rings (SSSR count). The molecule has 2 N–H and O–H groups in total. The van der Waals surface area contributed by atoms with Crippen molar-refractivity contribution in [2.75, 3.05) is 6.61 Å². The first kappa shape index (κ1) is 13.9. The summed E-state index contributed by atoms with van der Waals surface area (Å²) in [6, 6.07) is 12.3. The van der Waals surface area contributed by atoms with Gasteiger partial charge in [0.1, 0.15) is 30.0 Å². The summed E-state index contributed by atoms with van der Waals surface area (Å²) in [5, 5.41) is 0. The lowest BCUT2D eigenvalue weighted by atomic mass is 10.1. The maximum Gasteiger partial charge on any atom is 0.137 e. The number of benzene rings is 2. The molecule has 2 aromatic rings. The molecular weight excluding hydrogens is 269 g/mol. The van der Waals surface area contributed by atoms with Crippen LogP contribution >= 0.6 is 0 Å². The lowest BCUT2D eigenvalue weighted by molar-refractivity contribution is 0.148. The van der Waals surface area contributed by atoms with Gasteiger partial charge in [-0.1, -0.05) is 12.1 Å². The quantitative estimate of drug-likeness (QED) is 0.939. The van der Waals surface area contributed by atoms with Crippen LogP contribution < -0.4 is 15.2 Å². The molecule has 1 aliphatic rings. The van der Waals surface area contributed by atoms with E-state index >= 15 is 0 Å². The molecule has 0 aromatic heterocycles. The molecule has 0 radical (unpaired) electrons. The molecular formula is C17H18FNO2. The van der Waals surface area contributed by atoms with E-state index in [0.717, 1.165) is 22.6 Å². The van der Waals surface area contributed by atoms with E-state index in [9.17, 15) is 4.39 Å². The van der Waals surface area contributed by atoms with Gasteiger partial charge < -0.3 is 15.2 Å². The maximum atomic E-state index is 13.1. The molecule has 1 heterocycles. The number of hydrogen-bond donors (Lipinski definition) is 1. The van der Waals surface area contributed by atoms with Gasteiger partial charge in [0.2, 0.25) is 0 Å². The Balaban J connectivity index is 1.57. The largest absolute Gasteiger partial charge is 0.490 e. The lowest BCUT2D eigenvalue weighted by Crippen LogP contribution is -2.22. The van der Waals surface area contributed by atoms with E-state index in [1.165, 1.54) is 12.1 Å². The molecule has 0 bridgehead atoms. The van der Waals surface area contributed by atoms with Crippen molar-refractivity contribution in [3.8, 4) is 11.5 Å². The molecule has 0 saturated heterocycles. The molecule has 4 heteroatoms. The molecule has 0 amide bonds. The van der Waals surface area contributed by atoms with Crippen molar-refractivity contribution in [2.24, 2.45) is 5.73 Å². The first-order valence-electron chi connectivity index (χ1n) is 7.05. The van der Waals surface area contributed by atoms with Gasteiger partial charge in [0.05, 0.1) is 0 Å². The summed E-state index contributed by atoms with van der Waals surface area (Å²) in [7, 11) is 0. The SMILES string of the molecule is CC(N)c1ccc(OCC2Cc3cc(F)ccc3O2)cc1. The van der Waals surface area contributed by atoms with E-state index in [0.29, 0.717) is 13.0 Å². The number of rotatable bonds is 4. The van der Waals surface area contributed by atoms with Gasteiger partial charge in [0.15, 0.2) is 0 Å². The molecule has 2 aromatic carbocycles. The molecule has 110 valence electrons. The zero-order chi connectivity index (χ0) is 14.8. The minimum Gasteiger partial charge on any atom is -0.490 e. The van der Waals surface area contributed by atoms with Crippen molar-refractivity contribution < 1.29 is 13.9 Å². The van der Waals surface area contributed by atoms with Gasteiger partial charge in [-0.3, -0.25) is 0 Å². The van der Waals surface area contributed by atoms with Gasteiger partial charge in [-0.05, 0) is 42.8 Å². The molecule has 21 heavy (non-hydrogen) atoms. The highest BCUT2D eigenvalue weighted by molar-refractivity contribution is 5.38. The van der Waals surface area contributed by atoms with Crippen molar-refractivity contribution in [3.05, 3.63) is 59.4 Å². The fourth-order valence-corrected chi connectivity index (χ4v) is 2.44. The second-order valence-electron chi connectivity index (χ2n) is 5.36. The van der Waals surface area contributed by atoms with Gasteiger partial charge in [-0.25, -0.2) is 4.39 Å². The first-order chi connectivity index (χ1) is 10.1. The summed E-state index contributed by atoms with van der Waals surface area (Å²) in [6.45, 7) is 2.38. The van der Waals surface area contributed by atoms with E-state index in [1.54, 1.807) is 6.07 Å². The van der Waals surface area contributed by atoms with E-state index in [4.69, 9.17) is 15.2 Å². The summed E-state index contributed by atoms with van der Waals surface area (Å²) in [4.78, 5) is 0. The van der Waals surface area contributed by atoms with Gasteiger partial charge in [-0.15, -0.1) is 0 Å². The number of ether oxygens (including phenoxy) is 2. The van der Waals surface area contributed by atoms with Crippen molar-refractivity contribution in [2.45, 2.75) is 25.5 Å². The summed E-state index contributed by atoms with van der Waals surface area (Å²) in [5.41, 5.74) is 7.78. The standard InChI is InChI=1S/C17H18FNO2/c1-11(19)12-2-5-15(6-3-12)20-10-16-9-13-8-14(18)4-7-17(13)21-16/h2-8,11,16H,9-10,19H2,1H3. The van der Waals surface area contributed by atoms with Crippen molar-refractivity contribution in [1.82, 2.24) is 0 Å². The van der Waals surface area contributed by atoms with Crippen LogP contribution in [0.15, 0.2) is 42.5 Å². The summed E-state index contributed by atoms with van der Waals surface area (Å²) >= 11 is 0. The van der Waals surface area contributed by atoms with Crippen LogP contribution in [0.25, 0.3) is 0 Å². The van der Waals surface area contributed by atoms with Gasteiger partial charge in [0.25, 0.3) is 0 Å². The minimum atomic E-state index is -0.231. The third kappa shape index (κ3) is 3.16. The normalized spacial score (nSPS) is 18.0. The van der Waals surface area contributed by atoms with Crippen LogP contribution in [0.2, 0.25) is 0 Å². The molecule has 2 unspecified atom stereocenters. The van der Waals surface area contributed by atoms with E-state index in [-0.39, 0.29) is 18.0 Å². The molecule has 0 fully saturated rings. The Morgan fingerprint density at radius 1 is 1.29 bits per heavy atom. The average Bonchev–Trinajstić information content (AvgIpc) is 2.87. The molecule has 0 aliphatic carbocycles. The smallest absolute Gasteiger partial charge is 0.137 e. The average molecular weight is 287 g/mol. The van der Waals surface area contributed by atoms with Gasteiger partial charge in [-0.2, -0.15) is 0 Å². The van der Waals surface area contributed by atoms with Crippen LogP contribution in [-0.4, -0.2) is 12.7 Å². The van der Waals surface area contributed by atoms with Crippen molar-refractivity contribution in [1.29, 1.82) is 0 Å². The molecule has 0 saturated carbocycles. The second-order valence-corrected chi connectivity index (χ2v) is 5.36. The predicted octanol–water partition coefficient (Wildman–Crippen LogP) is 3.23. The zero-order valence-electron chi connectivity index (χ0n) is 11.9. The Hall–Kier alpha value is -2.07. The van der Waals surface area contributed by atoms with Crippen LogP contribution in [0.1, 0.15) is 24.1 Å². The Morgan fingerprint density at radius 2 is 2.05 bits per heavy atom. The van der Waals surface area contributed by atoms with Gasteiger partial charge >= 0.3 is 0 Å². The number of fused-ring (bicyclic) bond motifs is 1. The monoisotopic (exact) mass is 287 g/mol. The highest BCUT2D eigenvalue weighted by Gasteiger charge is 2.23. The van der Waals surface area contributed by atoms with E-state index in [2.05, 4.69) is 0 Å². The number of hydrogen-bond acceptors (Lipinski definition) is 3. The second kappa shape index (κ2) is 5.74. The summed E-state index contributed by atoms with van der Waals surface area (Å²) in [6.07, 6.45) is 0.597. The number of nitrogens with two attached hydrogens (primary N) is 1. The Bertz CT molecular complexity index is 625. The van der Waals surface area contributed by atoms with Crippen molar-refractivity contribution in [3.63, 3.8) is 0 Å². The Morgan fingerprint density at radius 3 is 2.76 bits per heavy atom. The molecule has 0 spiro atoms. The fourth-order valence-electron chi connectivity index (χ4n) is 2.44. The van der Waals surface area contributed by atoms with Crippen molar-refractivity contribution >= 4 is 0 Å². The fraction of sp³-hybridized carbons (Fsp3) is 0.294. The minimum absolute atomic E-state index is 0.0154. The van der Waals surface area contributed by atoms with Crippen LogP contribution in [0, 0.1) is 5.82 Å². The summed E-state index contributed by atoms with van der Waals surface area (Å²) in [5.74, 6) is 1.30. The Kier molecular flexibility index (Phi) is 3.80.